The number of benzene rings is 3. The molecule has 29 heavy (non-hydrogen) atoms. The maximum atomic E-state index is 6.25. The van der Waals surface area contributed by atoms with Crippen molar-refractivity contribution in [3.05, 3.63) is 114 Å². The maximum Gasteiger partial charge on any atom is 0.223 e. The molecule has 0 aliphatic heterocycles. The molecule has 3 aromatic carbocycles. The van der Waals surface area contributed by atoms with Crippen molar-refractivity contribution in [1.29, 1.82) is 0 Å². The Bertz CT molecular complexity index is 1230. The van der Waals surface area contributed by atoms with E-state index in [1.54, 1.807) is 0 Å². The summed E-state index contributed by atoms with van der Waals surface area (Å²) in [6.45, 7) is 0. The van der Waals surface area contributed by atoms with Crippen molar-refractivity contribution in [1.82, 2.24) is 9.97 Å². The molecule has 1 aliphatic rings. The Labute approximate surface area is 175 Å². The number of hydrogen-bond acceptors (Lipinski definition) is 2. The fraction of sp³-hybridized carbons (Fsp3) is 0.0769. The summed E-state index contributed by atoms with van der Waals surface area (Å²) in [5.41, 5.74) is 6.49. The zero-order valence-electron chi connectivity index (χ0n) is 15.8. The Balaban J connectivity index is 1.56. The van der Waals surface area contributed by atoms with Gasteiger partial charge in [0, 0.05) is 11.3 Å². The van der Waals surface area contributed by atoms with Gasteiger partial charge in [-0.05, 0) is 52.4 Å². The molecule has 0 fully saturated rings. The predicted octanol–water partition coefficient (Wildman–Crippen LogP) is 7.08. The van der Waals surface area contributed by atoms with Gasteiger partial charge < -0.3 is 0 Å². The van der Waals surface area contributed by atoms with Crippen LogP contribution in [0.25, 0.3) is 27.6 Å². The van der Waals surface area contributed by atoms with Crippen molar-refractivity contribution in [2.45, 2.75) is 12.3 Å². The fourth-order valence-corrected chi connectivity index (χ4v) is 4.05. The summed E-state index contributed by atoms with van der Waals surface area (Å²) in [5, 5.41) is 1.30. The highest BCUT2D eigenvalue weighted by atomic mass is 35.5. The third kappa shape index (κ3) is 3.59. The number of allylic oxidation sites excluding steroid dienone is 4. The lowest BCUT2D eigenvalue weighted by Gasteiger charge is -2.17. The second-order valence-electron chi connectivity index (χ2n) is 7.21. The quantitative estimate of drug-likeness (QED) is 0.347. The van der Waals surface area contributed by atoms with E-state index >= 15 is 0 Å². The minimum Gasteiger partial charge on any atom is -0.218 e. The number of hydrogen-bond donors (Lipinski definition) is 0. The zero-order valence-corrected chi connectivity index (χ0v) is 16.6. The normalized spacial score (nSPS) is 16.0. The topological polar surface area (TPSA) is 25.8 Å². The van der Waals surface area contributed by atoms with E-state index in [2.05, 4.69) is 94.9 Å². The van der Waals surface area contributed by atoms with E-state index in [0.29, 0.717) is 5.92 Å². The van der Waals surface area contributed by atoms with Crippen molar-refractivity contribution in [3.63, 3.8) is 0 Å². The van der Waals surface area contributed by atoms with Crippen molar-refractivity contribution < 1.29 is 0 Å². The number of aromatic nitrogens is 2. The summed E-state index contributed by atoms with van der Waals surface area (Å²) in [6, 6.07) is 27.2. The molecule has 1 aromatic heterocycles. The first-order chi connectivity index (χ1) is 14.3. The van der Waals surface area contributed by atoms with Crippen LogP contribution in [0.1, 0.15) is 23.6 Å². The molecule has 4 aromatic rings. The first kappa shape index (κ1) is 17.8. The molecule has 0 radical (unpaired) electrons. The van der Waals surface area contributed by atoms with Gasteiger partial charge in [-0.25, -0.2) is 9.97 Å². The highest BCUT2D eigenvalue weighted by Gasteiger charge is 2.16. The lowest BCUT2D eigenvalue weighted by atomic mass is 9.88. The summed E-state index contributed by atoms with van der Waals surface area (Å²) in [5.74, 6) is 0.392. The predicted molar refractivity (Wildman–Crippen MR) is 121 cm³/mol. The summed E-state index contributed by atoms with van der Waals surface area (Å²) in [6.07, 6.45) is 7.62. The molecule has 0 saturated carbocycles. The minimum absolute atomic E-state index is 0.277. The molecule has 2 nitrogen and oxygen atoms in total. The lowest BCUT2D eigenvalue weighted by molar-refractivity contribution is 0.856. The molecule has 1 heterocycles. The summed E-state index contributed by atoms with van der Waals surface area (Å²) in [7, 11) is 0. The van der Waals surface area contributed by atoms with E-state index < -0.39 is 0 Å². The number of nitrogens with zero attached hydrogens (tertiary/aromatic N) is 2. The van der Waals surface area contributed by atoms with Gasteiger partial charge in [0.15, 0.2) is 0 Å². The van der Waals surface area contributed by atoms with Gasteiger partial charge >= 0.3 is 0 Å². The third-order valence-corrected chi connectivity index (χ3v) is 5.55. The number of fused-ring (bicyclic) bond motifs is 1. The van der Waals surface area contributed by atoms with Gasteiger partial charge in [0.2, 0.25) is 5.28 Å². The van der Waals surface area contributed by atoms with E-state index in [4.69, 9.17) is 11.6 Å². The highest BCUT2D eigenvalue weighted by molar-refractivity contribution is 6.28. The maximum absolute atomic E-state index is 6.25. The number of rotatable bonds is 3. The largest absolute Gasteiger partial charge is 0.223 e. The molecule has 0 saturated heterocycles. The van der Waals surface area contributed by atoms with Crippen LogP contribution in [-0.2, 0) is 0 Å². The first-order valence-corrected chi connectivity index (χ1v) is 10.1. The second kappa shape index (κ2) is 7.65. The molecule has 140 valence electrons. The smallest absolute Gasteiger partial charge is 0.218 e. The highest BCUT2D eigenvalue weighted by Crippen LogP contribution is 2.34. The van der Waals surface area contributed by atoms with Crippen LogP contribution in [0.5, 0.6) is 0 Å². The standard InChI is InChI=1S/C26H19ClN2/c27-26-28-24-16-15-22(19-9-5-2-6-10-19)17-23(24)25(29-26)21-13-11-20(12-14-21)18-7-3-1-4-8-18/h1-11,13-17,20H,12H2. The lowest BCUT2D eigenvalue weighted by Crippen LogP contribution is -2.01. The third-order valence-electron chi connectivity index (χ3n) is 5.38. The van der Waals surface area contributed by atoms with Gasteiger partial charge in [-0.2, -0.15) is 0 Å². The molecular weight excluding hydrogens is 376 g/mol. The van der Waals surface area contributed by atoms with Crippen molar-refractivity contribution >= 4 is 28.1 Å². The van der Waals surface area contributed by atoms with E-state index in [1.807, 2.05) is 12.1 Å². The average Bonchev–Trinajstić information content (AvgIpc) is 2.79. The van der Waals surface area contributed by atoms with E-state index in [9.17, 15) is 0 Å². The van der Waals surface area contributed by atoms with Crippen molar-refractivity contribution in [3.8, 4) is 11.1 Å². The van der Waals surface area contributed by atoms with Crippen LogP contribution in [0, 0.1) is 0 Å². The molecular formula is C26H19ClN2. The van der Waals surface area contributed by atoms with Gasteiger partial charge in [-0.1, -0.05) is 85.0 Å². The molecule has 1 atom stereocenters. The van der Waals surface area contributed by atoms with Crippen LogP contribution in [-0.4, -0.2) is 9.97 Å². The van der Waals surface area contributed by atoms with E-state index in [0.717, 1.165) is 34.2 Å². The molecule has 0 N–H and O–H groups in total. The van der Waals surface area contributed by atoms with Crippen LogP contribution in [0.15, 0.2) is 97.1 Å². The van der Waals surface area contributed by atoms with Crippen LogP contribution >= 0.6 is 11.6 Å². The van der Waals surface area contributed by atoms with Gasteiger partial charge in [0.1, 0.15) is 0 Å². The Morgan fingerprint density at radius 3 is 2.28 bits per heavy atom. The summed E-state index contributed by atoms with van der Waals surface area (Å²) >= 11 is 6.25. The SMILES string of the molecule is Clc1nc(C2=CCC(c3ccccc3)C=C2)c2cc(-c3ccccc3)ccc2n1. The fourth-order valence-electron chi connectivity index (χ4n) is 3.87. The van der Waals surface area contributed by atoms with Crippen LogP contribution < -0.4 is 0 Å². The van der Waals surface area contributed by atoms with Gasteiger partial charge in [0.25, 0.3) is 0 Å². The summed E-state index contributed by atoms with van der Waals surface area (Å²) in [4.78, 5) is 9.02. The Hall–Kier alpha value is -3.23. The van der Waals surface area contributed by atoms with Crippen molar-refractivity contribution in [2.75, 3.05) is 0 Å². The van der Waals surface area contributed by atoms with Gasteiger partial charge in [-0.15, -0.1) is 0 Å². The Morgan fingerprint density at radius 2 is 1.55 bits per heavy atom. The molecule has 0 amide bonds. The molecule has 1 unspecified atom stereocenters. The first-order valence-electron chi connectivity index (χ1n) is 9.74. The summed E-state index contributed by atoms with van der Waals surface area (Å²) < 4.78 is 0. The number of halogens is 1. The second-order valence-corrected chi connectivity index (χ2v) is 7.55. The monoisotopic (exact) mass is 394 g/mol. The molecule has 0 bridgehead atoms. The molecule has 3 heteroatoms. The zero-order chi connectivity index (χ0) is 19.6. The molecule has 0 spiro atoms. The minimum atomic E-state index is 0.277. The van der Waals surface area contributed by atoms with Gasteiger partial charge in [-0.3, -0.25) is 0 Å². The average molecular weight is 395 g/mol. The molecule has 5 rings (SSSR count). The molecule has 1 aliphatic carbocycles. The van der Waals surface area contributed by atoms with Gasteiger partial charge in [0.05, 0.1) is 11.2 Å². The Kier molecular flexibility index (Phi) is 4.71. The van der Waals surface area contributed by atoms with E-state index in [1.165, 1.54) is 11.1 Å². The van der Waals surface area contributed by atoms with Crippen molar-refractivity contribution in [2.24, 2.45) is 0 Å². The van der Waals surface area contributed by atoms with Crippen LogP contribution in [0.3, 0.4) is 0 Å². The van der Waals surface area contributed by atoms with E-state index in [-0.39, 0.29) is 5.28 Å². The Morgan fingerprint density at radius 1 is 0.793 bits per heavy atom. The van der Waals surface area contributed by atoms with Crippen LogP contribution in [0.4, 0.5) is 0 Å². The van der Waals surface area contributed by atoms with Crippen LogP contribution in [0.2, 0.25) is 5.28 Å².